The smallest absolute Gasteiger partial charge is 0.136 e. The van der Waals surface area contributed by atoms with Crippen LogP contribution in [0.25, 0.3) is 0 Å². The Balaban J connectivity index is 1.94. The molecule has 1 aromatic rings. The quantitative estimate of drug-likeness (QED) is 0.827. The summed E-state index contributed by atoms with van der Waals surface area (Å²) in [6.45, 7) is 2.10. The van der Waals surface area contributed by atoms with Gasteiger partial charge in [0, 0.05) is 35.6 Å². The zero-order valence-electron chi connectivity index (χ0n) is 10.0. The third kappa shape index (κ3) is 2.14. The van der Waals surface area contributed by atoms with Crippen LogP contribution in [-0.4, -0.2) is 17.6 Å². The van der Waals surface area contributed by atoms with E-state index < -0.39 is 0 Å². The van der Waals surface area contributed by atoms with E-state index in [1.54, 1.807) is 0 Å². The first-order chi connectivity index (χ1) is 8.24. The lowest BCUT2D eigenvalue weighted by Crippen LogP contribution is -2.39. The zero-order chi connectivity index (χ0) is 11.8. The number of benzene rings is 1. The van der Waals surface area contributed by atoms with Crippen molar-refractivity contribution in [3.63, 3.8) is 0 Å². The van der Waals surface area contributed by atoms with E-state index >= 15 is 0 Å². The Morgan fingerprint density at radius 3 is 3.06 bits per heavy atom. The molecule has 1 saturated heterocycles. The Morgan fingerprint density at radius 2 is 2.24 bits per heavy atom. The lowest BCUT2D eigenvalue weighted by molar-refractivity contribution is -0.121. The molecule has 17 heavy (non-hydrogen) atoms. The summed E-state index contributed by atoms with van der Waals surface area (Å²) in [7, 11) is 0. The van der Waals surface area contributed by atoms with Gasteiger partial charge in [-0.1, -0.05) is 12.1 Å². The van der Waals surface area contributed by atoms with E-state index in [1.807, 2.05) is 11.8 Å². The van der Waals surface area contributed by atoms with Gasteiger partial charge in [-0.05, 0) is 30.5 Å². The average molecular weight is 247 g/mol. The molecule has 1 N–H and O–H groups in total. The maximum Gasteiger partial charge on any atom is 0.136 e. The molecule has 1 fully saturated rings. The molecule has 0 saturated carbocycles. The van der Waals surface area contributed by atoms with Crippen LogP contribution >= 0.6 is 11.8 Å². The van der Waals surface area contributed by atoms with Crippen LogP contribution in [0.5, 0.6) is 0 Å². The maximum atomic E-state index is 11.7. The van der Waals surface area contributed by atoms with Crippen LogP contribution in [0.2, 0.25) is 0 Å². The van der Waals surface area contributed by atoms with Crippen molar-refractivity contribution in [1.82, 2.24) is 5.32 Å². The first-order valence-corrected chi connectivity index (χ1v) is 7.25. The highest BCUT2D eigenvalue weighted by Crippen LogP contribution is 2.37. The van der Waals surface area contributed by atoms with Crippen molar-refractivity contribution in [3.8, 4) is 0 Å². The van der Waals surface area contributed by atoms with E-state index in [0.717, 1.165) is 6.42 Å². The SMILES string of the molecule is CC1CC(=O)CC(c2cccc3c2CCS3)N1. The molecule has 1 aromatic carbocycles. The van der Waals surface area contributed by atoms with Gasteiger partial charge in [-0.2, -0.15) is 0 Å². The summed E-state index contributed by atoms with van der Waals surface area (Å²) in [6.07, 6.45) is 2.49. The first-order valence-electron chi connectivity index (χ1n) is 6.26. The number of Topliss-reactive ketones (excluding diaryl/α,β-unsaturated/α-hetero) is 1. The van der Waals surface area contributed by atoms with Gasteiger partial charge in [-0.3, -0.25) is 4.79 Å². The highest BCUT2D eigenvalue weighted by molar-refractivity contribution is 7.99. The van der Waals surface area contributed by atoms with E-state index in [4.69, 9.17) is 0 Å². The largest absolute Gasteiger partial charge is 0.307 e. The van der Waals surface area contributed by atoms with Crippen molar-refractivity contribution >= 4 is 17.5 Å². The maximum absolute atomic E-state index is 11.7. The number of thioether (sulfide) groups is 1. The molecule has 0 aliphatic carbocycles. The third-order valence-corrected chi connectivity index (χ3v) is 4.71. The van der Waals surface area contributed by atoms with E-state index in [1.165, 1.54) is 21.8 Å². The van der Waals surface area contributed by atoms with Gasteiger partial charge < -0.3 is 5.32 Å². The van der Waals surface area contributed by atoms with Crippen LogP contribution in [0, 0.1) is 0 Å². The molecule has 90 valence electrons. The number of nitrogens with one attached hydrogen (secondary N) is 1. The summed E-state index contributed by atoms with van der Waals surface area (Å²) >= 11 is 1.93. The molecule has 2 atom stereocenters. The van der Waals surface area contributed by atoms with E-state index in [-0.39, 0.29) is 6.04 Å². The van der Waals surface area contributed by atoms with Gasteiger partial charge >= 0.3 is 0 Å². The Morgan fingerprint density at radius 1 is 1.35 bits per heavy atom. The van der Waals surface area contributed by atoms with E-state index in [9.17, 15) is 4.79 Å². The van der Waals surface area contributed by atoms with Crippen molar-refractivity contribution in [2.45, 2.75) is 43.2 Å². The average Bonchev–Trinajstić information content (AvgIpc) is 2.75. The summed E-state index contributed by atoms with van der Waals surface area (Å²) in [5.41, 5.74) is 2.82. The predicted octanol–water partition coefficient (Wildman–Crippen LogP) is 2.72. The van der Waals surface area contributed by atoms with Crippen molar-refractivity contribution in [1.29, 1.82) is 0 Å². The van der Waals surface area contributed by atoms with Crippen LogP contribution in [0.4, 0.5) is 0 Å². The fourth-order valence-electron chi connectivity index (χ4n) is 2.89. The second-order valence-electron chi connectivity index (χ2n) is 4.99. The molecule has 2 nitrogen and oxygen atoms in total. The molecule has 0 bridgehead atoms. The molecule has 0 amide bonds. The molecule has 2 heterocycles. The summed E-state index contributed by atoms with van der Waals surface area (Å²) in [4.78, 5) is 13.1. The number of ketones is 1. The monoisotopic (exact) mass is 247 g/mol. The van der Waals surface area contributed by atoms with Crippen LogP contribution in [-0.2, 0) is 11.2 Å². The van der Waals surface area contributed by atoms with Crippen LogP contribution < -0.4 is 5.32 Å². The number of fused-ring (bicyclic) bond motifs is 1. The van der Waals surface area contributed by atoms with Crippen molar-refractivity contribution in [2.75, 3.05) is 5.75 Å². The molecular formula is C14H17NOS. The molecule has 2 unspecified atom stereocenters. The van der Waals surface area contributed by atoms with Gasteiger partial charge in [0.1, 0.15) is 5.78 Å². The number of rotatable bonds is 1. The molecule has 0 radical (unpaired) electrons. The van der Waals surface area contributed by atoms with Gasteiger partial charge in [-0.25, -0.2) is 0 Å². The van der Waals surface area contributed by atoms with Crippen molar-refractivity contribution < 1.29 is 4.79 Å². The Bertz CT molecular complexity index is 458. The zero-order valence-corrected chi connectivity index (χ0v) is 10.8. The summed E-state index contributed by atoms with van der Waals surface area (Å²) in [5, 5.41) is 3.56. The standard InChI is InChI=1S/C14H17NOS/c1-9-7-10(16)8-13(15-9)11-3-2-4-14-12(11)5-6-17-14/h2-4,9,13,15H,5-8H2,1H3. The van der Waals surface area contributed by atoms with Crippen LogP contribution in [0.15, 0.2) is 23.1 Å². The lowest BCUT2D eigenvalue weighted by atomic mass is 9.90. The minimum absolute atomic E-state index is 0.236. The summed E-state index contributed by atoms with van der Waals surface area (Å²) in [5.74, 6) is 1.58. The molecule has 3 rings (SSSR count). The molecule has 0 aromatic heterocycles. The summed E-state index contributed by atoms with van der Waals surface area (Å²) in [6, 6.07) is 7.06. The van der Waals surface area contributed by atoms with Gasteiger partial charge in [0.2, 0.25) is 0 Å². The molecule has 2 aliphatic rings. The molecule has 3 heteroatoms. The van der Waals surface area contributed by atoms with Crippen molar-refractivity contribution in [3.05, 3.63) is 29.3 Å². The predicted molar refractivity (Wildman–Crippen MR) is 70.4 cm³/mol. The number of carbonyl (C=O) groups is 1. The lowest BCUT2D eigenvalue weighted by Gasteiger charge is -2.29. The highest BCUT2D eigenvalue weighted by atomic mass is 32.2. The minimum Gasteiger partial charge on any atom is -0.307 e. The van der Waals surface area contributed by atoms with Crippen molar-refractivity contribution in [2.24, 2.45) is 0 Å². The van der Waals surface area contributed by atoms with Crippen LogP contribution in [0.1, 0.15) is 36.9 Å². The minimum atomic E-state index is 0.236. The van der Waals surface area contributed by atoms with Gasteiger partial charge in [0.15, 0.2) is 0 Å². The Kier molecular flexibility index (Phi) is 2.97. The fourth-order valence-corrected chi connectivity index (χ4v) is 3.98. The Labute approximate surface area is 106 Å². The molecular weight excluding hydrogens is 230 g/mol. The van der Waals surface area contributed by atoms with E-state index in [2.05, 4.69) is 30.4 Å². The number of carbonyl (C=O) groups excluding carboxylic acids is 1. The topological polar surface area (TPSA) is 29.1 Å². The van der Waals surface area contributed by atoms with Gasteiger partial charge in [0.25, 0.3) is 0 Å². The Hall–Kier alpha value is -0.800. The second-order valence-corrected chi connectivity index (χ2v) is 6.13. The first kappa shape index (κ1) is 11.3. The molecule has 2 aliphatic heterocycles. The second kappa shape index (κ2) is 4.46. The van der Waals surface area contributed by atoms with Gasteiger partial charge in [0.05, 0.1) is 0 Å². The number of hydrogen-bond acceptors (Lipinski definition) is 3. The van der Waals surface area contributed by atoms with Gasteiger partial charge in [-0.15, -0.1) is 11.8 Å². The number of hydrogen-bond donors (Lipinski definition) is 1. The fraction of sp³-hybridized carbons (Fsp3) is 0.500. The van der Waals surface area contributed by atoms with E-state index in [0.29, 0.717) is 24.7 Å². The third-order valence-electron chi connectivity index (χ3n) is 3.61. The highest BCUT2D eigenvalue weighted by Gasteiger charge is 2.28. The number of piperidine rings is 1. The summed E-state index contributed by atoms with van der Waals surface area (Å²) < 4.78 is 0. The normalized spacial score (nSPS) is 28.2. The molecule has 0 spiro atoms. The van der Waals surface area contributed by atoms with Crippen LogP contribution in [0.3, 0.4) is 0 Å².